The highest BCUT2D eigenvalue weighted by atomic mass is 35.5. The van der Waals surface area contributed by atoms with Crippen LogP contribution in [0.4, 0.5) is 0 Å². The van der Waals surface area contributed by atoms with Gasteiger partial charge in [0, 0.05) is 18.1 Å². The molecule has 7 heteroatoms. The second kappa shape index (κ2) is 7.36. The minimum atomic E-state index is -0.347. The summed E-state index contributed by atoms with van der Waals surface area (Å²) in [6, 6.07) is 9.57. The van der Waals surface area contributed by atoms with Crippen LogP contribution in [0.3, 0.4) is 0 Å². The number of hydrogen-bond donors (Lipinski definition) is 0. The van der Waals surface area contributed by atoms with Crippen LogP contribution in [0.25, 0.3) is 0 Å². The minimum Gasteiger partial charge on any atom is -0.371 e. The highest BCUT2D eigenvalue weighted by Crippen LogP contribution is 2.23. The summed E-state index contributed by atoms with van der Waals surface area (Å²) in [4.78, 5) is 14.5. The molecule has 0 spiro atoms. The maximum Gasteiger partial charge on any atom is 0.286 e. The molecule has 0 unspecified atom stereocenters. The Morgan fingerprint density at radius 3 is 2.76 bits per heavy atom. The highest BCUT2D eigenvalue weighted by Gasteiger charge is 2.23. The first-order valence-electron chi connectivity index (χ1n) is 8.07. The molecule has 25 heavy (non-hydrogen) atoms. The Morgan fingerprint density at radius 1 is 1.36 bits per heavy atom. The SMILES string of the molecule is Cc1nn(CN2CCO[C@H](c3ccc(Cl)cc3)C2)c(=O)c(C#N)c1C. The third kappa shape index (κ3) is 3.74. The molecular formula is C18H19ClN4O2. The van der Waals surface area contributed by atoms with Crippen molar-refractivity contribution >= 4 is 11.6 Å². The second-order valence-corrected chi connectivity index (χ2v) is 6.57. The monoisotopic (exact) mass is 358 g/mol. The van der Waals surface area contributed by atoms with Crippen LogP contribution in [-0.2, 0) is 11.4 Å². The van der Waals surface area contributed by atoms with E-state index < -0.39 is 0 Å². The van der Waals surface area contributed by atoms with Gasteiger partial charge in [0.1, 0.15) is 11.6 Å². The molecule has 0 bridgehead atoms. The zero-order valence-corrected chi connectivity index (χ0v) is 15.0. The van der Waals surface area contributed by atoms with Gasteiger partial charge in [0.2, 0.25) is 0 Å². The molecule has 1 fully saturated rings. The smallest absolute Gasteiger partial charge is 0.286 e. The lowest BCUT2D eigenvalue weighted by Crippen LogP contribution is -2.42. The number of nitrogens with zero attached hydrogens (tertiary/aromatic N) is 4. The fraction of sp³-hybridized carbons (Fsp3) is 0.389. The van der Waals surface area contributed by atoms with Gasteiger partial charge in [-0.2, -0.15) is 10.4 Å². The first-order chi connectivity index (χ1) is 12.0. The number of benzene rings is 1. The topological polar surface area (TPSA) is 71.2 Å². The second-order valence-electron chi connectivity index (χ2n) is 6.13. The van der Waals surface area contributed by atoms with Crippen molar-refractivity contribution in [3.05, 3.63) is 62.0 Å². The van der Waals surface area contributed by atoms with Crippen molar-refractivity contribution in [2.75, 3.05) is 19.7 Å². The predicted molar refractivity (Wildman–Crippen MR) is 94.4 cm³/mol. The van der Waals surface area contributed by atoms with Gasteiger partial charge >= 0.3 is 0 Å². The van der Waals surface area contributed by atoms with E-state index >= 15 is 0 Å². The Balaban J connectivity index is 1.80. The number of aromatic nitrogens is 2. The summed E-state index contributed by atoms with van der Waals surface area (Å²) in [5.74, 6) is 0. The lowest BCUT2D eigenvalue weighted by atomic mass is 10.1. The molecule has 1 atom stereocenters. The Kier molecular flexibility index (Phi) is 5.19. The van der Waals surface area contributed by atoms with Gasteiger partial charge in [-0.3, -0.25) is 9.69 Å². The molecule has 6 nitrogen and oxygen atoms in total. The molecule has 2 heterocycles. The molecule has 1 aliphatic rings. The normalized spacial score (nSPS) is 18.1. The fourth-order valence-corrected chi connectivity index (χ4v) is 3.02. The van der Waals surface area contributed by atoms with Crippen LogP contribution in [0.5, 0.6) is 0 Å². The number of morpholine rings is 1. The van der Waals surface area contributed by atoms with Crippen molar-refractivity contribution in [3.8, 4) is 6.07 Å². The van der Waals surface area contributed by atoms with Crippen LogP contribution in [0.2, 0.25) is 5.02 Å². The van der Waals surface area contributed by atoms with Crippen LogP contribution in [0.1, 0.15) is 28.5 Å². The van der Waals surface area contributed by atoms with E-state index in [-0.39, 0.29) is 17.2 Å². The van der Waals surface area contributed by atoms with E-state index in [0.717, 1.165) is 5.56 Å². The lowest BCUT2D eigenvalue weighted by molar-refractivity contribution is -0.0422. The maximum absolute atomic E-state index is 12.4. The molecule has 1 aromatic carbocycles. The molecule has 1 saturated heterocycles. The van der Waals surface area contributed by atoms with Crippen molar-refractivity contribution in [2.45, 2.75) is 26.6 Å². The number of aryl methyl sites for hydroxylation is 1. The van der Waals surface area contributed by atoms with Crippen LogP contribution in [0.15, 0.2) is 29.1 Å². The van der Waals surface area contributed by atoms with E-state index in [9.17, 15) is 10.1 Å². The number of nitriles is 1. The maximum atomic E-state index is 12.4. The zero-order valence-electron chi connectivity index (χ0n) is 14.2. The molecule has 2 aromatic rings. The Labute approximate surface area is 151 Å². The van der Waals surface area contributed by atoms with E-state index in [1.807, 2.05) is 37.3 Å². The Bertz CT molecular complexity index is 870. The first-order valence-corrected chi connectivity index (χ1v) is 8.45. The molecule has 0 N–H and O–H groups in total. The van der Waals surface area contributed by atoms with Gasteiger partial charge in [-0.05, 0) is 37.1 Å². The minimum absolute atomic E-state index is 0.0799. The molecule has 0 amide bonds. The van der Waals surface area contributed by atoms with Gasteiger partial charge < -0.3 is 4.74 Å². The molecule has 1 aromatic heterocycles. The molecule has 0 radical (unpaired) electrons. The summed E-state index contributed by atoms with van der Waals surface area (Å²) in [7, 11) is 0. The van der Waals surface area contributed by atoms with E-state index in [1.54, 1.807) is 6.92 Å². The standard InChI is InChI=1S/C18H19ClN4O2/c1-12-13(2)21-23(18(24)16(12)9-20)11-22-7-8-25-17(10-22)14-3-5-15(19)6-4-14/h3-6,17H,7-8,10-11H2,1-2H3/t17-/m0/s1. The quantitative estimate of drug-likeness (QED) is 0.842. The molecule has 3 rings (SSSR count). The van der Waals surface area contributed by atoms with Crippen LogP contribution < -0.4 is 5.56 Å². The van der Waals surface area contributed by atoms with E-state index in [0.29, 0.717) is 42.6 Å². The van der Waals surface area contributed by atoms with Gasteiger partial charge in [-0.15, -0.1) is 0 Å². The lowest BCUT2D eigenvalue weighted by Gasteiger charge is -2.33. The Morgan fingerprint density at radius 2 is 2.08 bits per heavy atom. The summed E-state index contributed by atoms with van der Waals surface area (Å²) in [5.41, 5.74) is 2.20. The molecule has 0 aliphatic carbocycles. The van der Waals surface area contributed by atoms with Crippen LogP contribution >= 0.6 is 11.6 Å². The molecular weight excluding hydrogens is 340 g/mol. The average Bonchev–Trinajstić information content (AvgIpc) is 2.61. The van der Waals surface area contributed by atoms with Crippen molar-refractivity contribution in [1.29, 1.82) is 5.26 Å². The van der Waals surface area contributed by atoms with Gasteiger partial charge in [0.25, 0.3) is 5.56 Å². The van der Waals surface area contributed by atoms with Crippen molar-refractivity contribution in [2.24, 2.45) is 0 Å². The van der Waals surface area contributed by atoms with E-state index in [2.05, 4.69) is 10.00 Å². The number of ether oxygens (including phenoxy) is 1. The van der Waals surface area contributed by atoms with Crippen molar-refractivity contribution in [3.63, 3.8) is 0 Å². The van der Waals surface area contributed by atoms with Gasteiger partial charge in [0.05, 0.1) is 25.1 Å². The summed E-state index contributed by atoms with van der Waals surface area (Å²) < 4.78 is 7.21. The molecule has 1 aliphatic heterocycles. The van der Waals surface area contributed by atoms with Crippen LogP contribution in [-0.4, -0.2) is 34.4 Å². The molecule has 0 saturated carbocycles. The third-order valence-electron chi connectivity index (χ3n) is 4.47. The van der Waals surface area contributed by atoms with Gasteiger partial charge in [0.15, 0.2) is 0 Å². The Hall–Kier alpha value is -2.20. The summed E-state index contributed by atoms with van der Waals surface area (Å²) in [5, 5.41) is 14.3. The van der Waals surface area contributed by atoms with E-state index in [1.165, 1.54) is 4.68 Å². The molecule has 130 valence electrons. The van der Waals surface area contributed by atoms with Crippen molar-refractivity contribution < 1.29 is 4.74 Å². The van der Waals surface area contributed by atoms with Gasteiger partial charge in [-0.25, -0.2) is 4.68 Å². The van der Waals surface area contributed by atoms with Gasteiger partial charge in [-0.1, -0.05) is 23.7 Å². The summed E-state index contributed by atoms with van der Waals surface area (Å²) >= 11 is 5.94. The van der Waals surface area contributed by atoms with E-state index in [4.69, 9.17) is 16.3 Å². The largest absolute Gasteiger partial charge is 0.371 e. The highest BCUT2D eigenvalue weighted by molar-refractivity contribution is 6.30. The number of hydrogen-bond acceptors (Lipinski definition) is 5. The van der Waals surface area contributed by atoms with Crippen molar-refractivity contribution in [1.82, 2.24) is 14.7 Å². The number of halogens is 1. The average molecular weight is 359 g/mol. The predicted octanol–water partition coefficient (Wildman–Crippen LogP) is 2.42. The third-order valence-corrected chi connectivity index (χ3v) is 4.73. The fourth-order valence-electron chi connectivity index (χ4n) is 2.90. The zero-order chi connectivity index (χ0) is 18.0. The number of rotatable bonds is 3. The first kappa shape index (κ1) is 17.6. The summed E-state index contributed by atoms with van der Waals surface area (Å²) in [6.45, 7) is 5.80. The van der Waals surface area contributed by atoms with Crippen LogP contribution in [0, 0.1) is 25.2 Å². The summed E-state index contributed by atoms with van der Waals surface area (Å²) in [6.07, 6.45) is -0.0799.